The van der Waals surface area contributed by atoms with E-state index in [-0.39, 0.29) is 18.6 Å². The molecule has 0 aromatic rings. The molecule has 6 heteroatoms. The van der Waals surface area contributed by atoms with Crippen LogP contribution in [0.3, 0.4) is 0 Å². The van der Waals surface area contributed by atoms with Crippen LogP contribution in [0, 0.1) is 11.8 Å². The zero-order valence-corrected chi connectivity index (χ0v) is 16.6. The molecule has 0 bridgehead atoms. The minimum absolute atomic E-state index is 0.105. The van der Waals surface area contributed by atoms with Gasteiger partial charge in [-0.3, -0.25) is 9.59 Å². The average molecular weight is 392 g/mol. The van der Waals surface area contributed by atoms with Crippen molar-refractivity contribution in [2.45, 2.75) is 58.2 Å². The Labute approximate surface area is 167 Å². The Bertz CT molecular complexity index is 588. The van der Waals surface area contributed by atoms with Crippen LogP contribution in [0.1, 0.15) is 46.0 Å². The van der Waals surface area contributed by atoms with Crippen molar-refractivity contribution in [3.05, 3.63) is 48.6 Å². The Kier molecular flexibility index (Phi) is 14.4. The molecule has 0 aromatic carbocycles. The van der Waals surface area contributed by atoms with E-state index in [9.17, 15) is 24.6 Å². The average Bonchev–Trinajstić information content (AvgIpc) is 2.64. The van der Waals surface area contributed by atoms with Crippen LogP contribution in [0.2, 0.25) is 0 Å². The molecule has 0 radical (unpaired) electrons. The SMILES string of the molecule is CC/C=C/CC(C=O)C(/C=C/C(O)C/C=C/C=C/C(O)CCC(=O)O)C(C)=O. The zero-order valence-electron chi connectivity index (χ0n) is 16.6. The van der Waals surface area contributed by atoms with Crippen molar-refractivity contribution in [1.29, 1.82) is 0 Å². The number of allylic oxidation sites excluding steroid dienone is 5. The van der Waals surface area contributed by atoms with E-state index in [0.717, 1.165) is 12.7 Å². The first-order chi connectivity index (χ1) is 13.3. The van der Waals surface area contributed by atoms with E-state index < -0.39 is 30.0 Å². The third-order valence-electron chi connectivity index (χ3n) is 4.07. The first-order valence-electron chi connectivity index (χ1n) is 9.52. The van der Waals surface area contributed by atoms with E-state index >= 15 is 0 Å². The monoisotopic (exact) mass is 392 g/mol. The van der Waals surface area contributed by atoms with Gasteiger partial charge in [0, 0.05) is 18.3 Å². The molecule has 0 spiro atoms. The molecule has 6 nitrogen and oxygen atoms in total. The van der Waals surface area contributed by atoms with E-state index in [1.807, 2.05) is 19.1 Å². The number of aliphatic hydroxyl groups is 2. The van der Waals surface area contributed by atoms with Crippen LogP contribution in [0.4, 0.5) is 0 Å². The van der Waals surface area contributed by atoms with Gasteiger partial charge in [0.15, 0.2) is 0 Å². The summed E-state index contributed by atoms with van der Waals surface area (Å²) in [6.45, 7) is 3.42. The van der Waals surface area contributed by atoms with Crippen molar-refractivity contribution in [3.8, 4) is 0 Å². The molecule has 0 rings (SSSR count). The van der Waals surface area contributed by atoms with Crippen molar-refractivity contribution in [2.24, 2.45) is 11.8 Å². The number of hydrogen-bond donors (Lipinski definition) is 3. The summed E-state index contributed by atoms with van der Waals surface area (Å²) in [4.78, 5) is 33.6. The molecular formula is C22H32O6. The molecule has 0 heterocycles. The number of carboxylic acid groups (broad SMARTS) is 1. The number of aliphatic carboxylic acids is 1. The molecule has 0 aliphatic rings. The van der Waals surface area contributed by atoms with Crippen LogP contribution in [0.25, 0.3) is 0 Å². The number of carbonyl (C=O) groups is 3. The molecular weight excluding hydrogens is 360 g/mol. The quantitative estimate of drug-likeness (QED) is 0.224. The van der Waals surface area contributed by atoms with Gasteiger partial charge >= 0.3 is 5.97 Å². The lowest BCUT2D eigenvalue weighted by molar-refractivity contribution is -0.137. The Morgan fingerprint density at radius 3 is 2.21 bits per heavy atom. The van der Waals surface area contributed by atoms with Gasteiger partial charge in [-0.1, -0.05) is 55.5 Å². The summed E-state index contributed by atoms with van der Waals surface area (Å²) in [7, 11) is 0. The predicted molar refractivity (Wildman–Crippen MR) is 109 cm³/mol. The smallest absolute Gasteiger partial charge is 0.303 e. The number of aliphatic hydroxyl groups excluding tert-OH is 2. The molecule has 0 amide bonds. The summed E-state index contributed by atoms with van der Waals surface area (Å²) < 4.78 is 0. The van der Waals surface area contributed by atoms with Gasteiger partial charge in [-0.25, -0.2) is 0 Å². The number of carboxylic acids is 1. The minimum atomic E-state index is -0.958. The summed E-state index contributed by atoms with van der Waals surface area (Å²) in [5, 5.41) is 28.1. The fourth-order valence-corrected chi connectivity index (χ4v) is 2.47. The minimum Gasteiger partial charge on any atom is -0.481 e. The fraction of sp³-hybridized carbons (Fsp3) is 0.500. The van der Waals surface area contributed by atoms with Crippen LogP contribution in [-0.2, 0) is 14.4 Å². The first kappa shape index (κ1) is 25.7. The van der Waals surface area contributed by atoms with Gasteiger partial charge < -0.3 is 20.1 Å². The summed E-state index contributed by atoms with van der Waals surface area (Å²) in [6.07, 6.45) is 14.2. The largest absolute Gasteiger partial charge is 0.481 e. The van der Waals surface area contributed by atoms with Crippen molar-refractivity contribution in [2.75, 3.05) is 0 Å². The molecule has 4 unspecified atom stereocenters. The van der Waals surface area contributed by atoms with Crippen molar-refractivity contribution in [1.82, 2.24) is 0 Å². The predicted octanol–water partition coefficient (Wildman–Crippen LogP) is 3.01. The van der Waals surface area contributed by atoms with E-state index in [1.165, 1.54) is 19.1 Å². The number of ketones is 1. The van der Waals surface area contributed by atoms with Crippen LogP contribution in [0.15, 0.2) is 48.6 Å². The Morgan fingerprint density at radius 2 is 1.64 bits per heavy atom. The summed E-state index contributed by atoms with van der Waals surface area (Å²) in [5.74, 6) is -2.10. The van der Waals surface area contributed by atoms with Gasteiger partial charge in [0.2, 0.25) is 0 Å². The summed E-state index contributed by atoms with van der Waals surface area (Å²) >= 11 is 0. The number of Topliss-reactive ketones (excluding diaryl/α,β-unsaturated/α-hetero) is 1. The highest BCUT2D eigenvalue weighted by atomic mass is 16.4. The number of hydrogen-bond acceptors (Lipinski definition) is 5. The highest BCUT2D eigenvalue weighted by Gasteiger charge is 2.21. The molecule has 0 saturated heterocycles. The highest BCUT2D eigenvalue weighted by Crippen LogP contribution is 2.18. The fourth-order valence-electron chi connectivity index (χ4n) is 2.47. The number of carbonyl (C=O) groups excluding carboxylic acids is 2. The standard InChI is InChI=1S/C22H32O6/c1-3-4-6-9-18(16-23)21(17(2)24)14-12-19(25)10-7-5-8-11-20(26)13-15-22(27)28/h4-8,11-12,14,16,18-21,25-26H,3,9-10,13,15H2,1-2H3,(H,27,28)/b6-4+,7-5+,11-8+,14-12+. The second-order valence-electron chi connectivity index (χ2n) is 6.55. The number of aldehydes is 1. The third kappa shape index (κ3) is 12.9. The number of rotatable bonds is 15. The van der Waals surface area contributed by atoms with Crippen LogP contribution in [-0.4, -0.2) is 45.6 Å². The lowest BCUT2D eigenvalue weighted by Gasteiger charge is -2.16. The third-order valence-corrected chi connectivity index (χ3v) is 4.07. The van der Waals surface area contributed by atoms with Gasteiger partial charge in [0.05, 0.1) is 12.2 Å². The maximum atomic E-state index is 11.8. The molecule has 28 heavy (non-hydrogen) atoms. The maximum absolute atomic E-state index is 11.8. The van der Waals surface area contributed by atoms with E-state index in [0.29, 0.717) is 12.8 Å². The van der Waals surface area contributed by atoms with Gasteiger partial charge in [0.1, 0.15) is 12.1 Å². The molecule has 0 aliphatic carbocycles. The van der Waals surface area contributed by atoms with Crippen molar-refractivity contribution < 1.29 is 29.7 Å². The molecule has 0 aliphatic heterocycles. The van der Waals surface area contributed by atoms with E-state index in [2.05, 4.69) is 0 Å². The lowest BCUT2D eigenvalue weighted by atomic mass is 9.87. The van der Waals surface area contributed by atoms with Crippen LogP contribution >= 0.6 is 0 Å². The van der Waals surface area contributed by atoms with Crippen LogP contribution < -0.4 is 0 Å². The molecule has 156 valence electrons. The van der Waals surface area contributed by atoms with E-state index in [4.69, 9.17) is 5.11 Å². The van der Waals surface area contributed by atoms with Gasteiger partial charge in [-0.2, -0.15) is 0 Å². The topological polar surface area (TPSA) is 112 Å². The second-order valence-corrected chi connectivity index (χ2v) is 6.55. The molecule has 0 aromatic heterocycles. The Balaban J connectivity index is 4.58. The zero-order chi connectivity index (χ0) is 21.4. The summed E-state index contributed by atoms with van der Waals surface area (Å²) in [6, 6.07) is 0. The van der Waals surface area contributed by atoms with Crippen molar-refractivity contribution >= 4 is 18.0 Å². The van der Waals surface area contributed by atoms with E-state index in [1.54, 1.807) is 24.3 Å². The second kappa shape index (κ2) is 15.7. The molecule has 4 atom stereocenters. The summed E-state index contributed by atoms with van der Waals surface area (Å²) in [5.41, 5.74) is 0. The van der Waals surface area contributed by atoms with Gasteiger partial charge in [-0.15, -0.1) is 0 Å². The molecule has 3 N–H and O–H groups in total. The Morgan fingerprint density at radius 1 is 0.929 bits per heavy atom. The van der Waals surface area contributed by atoms with Gasteiger partial charge in [0.25, 0.3) is 0 Å². The highest BCUT2D eigenvalue weighted by molar-refractivity contribution is 5.83. The Hall–Kier alpha value is -2.31. The molecule has 0 saturated carbocycles. The maximum Gasteiger partial charge on any atom is 0.303 e. The first-order valence-corrected chi connectivity index (χ1v) is 9.52. The van der Waals surface area contributed by atoms with Gasteiger partial charge in [-0.05, 0) is 32.6 Å². The van der Waals surface area contributed by atoms with Crippen LogP contribution in [0.5, 0.6) is 0 Å². The lowest BCUT2D eigenvalue weighted by Crippen LogP contribution is -2.21. The van der Waals surface area contributed by atoms with Crippen molar-refractivity contribution in [3.63, 3.8) is 0 Å². The molecule has 0 fully saturated rings. The normalized spacial score (nSPS) is 16.7.